The molecule has 1 aliphatic carbocycles. The summed E-state index contributed by atoms with van der Waals surface area (Å²) in [6.07, 6.45) is 3.41. The van der Waals surface area contributed by atoms with Crippen LogP contribution < -0.4 is 16.2 Å². The van der Waals surface area contributed by atoms with E-state index in [-0.39, 0.29) is 5.69 Å². The van der Waals surface area contributed by atoms with Crippen LogP contribution in [0, 0.1) is 10.1 Å². The van der Waals surface area contributed by atoms with Crippen LogP contribution in [0.1, 0.15) is 19.3 Å². The Kier molecular flexibility index (Phi) is 3.10. The lowest BCUT2D eigenvalue weighted by atomic mass is 9.92. The zero-order chi connectivity index (χ0) is 12.4. The first-order valence-electron chi connectivity index (χ1n) is 5.47. The summed E-state index contributed by atoms with van der Waals surface area (Å²) in [4.78, 5) is 16.5. The first kappa shape index (κ1) is 11.6. The topological polar surface area (TPSA) is 97.3 Å². The van der Waals surface area contributed by atoms with E-state index in [0.717, 1.165) is 12.8 Å². The second-order valence-corrected chi connectivity index (χ2v) is 4.17. The molecule has 1 heterocycles. The number of pyridine rings is 1. The molecule has 3 N–H and O–H groups in total. The van der Waals surface area contributed by atoms with Crippen LogP contribution in [0.4, 0.5) is 17.3 Å². The number of nitrogens with one attached hydrogen (secondary N) is 1. The Morgan fingerprint density at radius 1 is 1.59 bits per heavy atom. The summed E-state index contributed by atoms with van der Waals surface area (Å²) >= 11 is 0. The highest BCUT2D eigenvalue weighted by Crippen LogP contribution is 2.29. The molecule has 0 saturated heterocycles. The average molecular weight is 237 g/mol. The molecule has 0 amide bonds. The van der Waals surface area contributed by atoms with Gasteiger partial charge < -0.3 is 10.3 Å². The maximum atomic E-state index is 10.8. The van der Waals surface area contributed by atoms with Gasteiger partial charge in [0.1, 0.15) is 11.6 Å². The number of hydrazine groups is 1. The highest BCUT2D eigenvalue weighted by atomic mass is 16.6. The van der Waals surface area contributed by atoms with Crippen LogP contribution >= 0.6 is 0 Å². The van der Waals surface area contributed by atoms with E-state index >= 15 is 0 Å². The minimum atomic E-state index is -0.444. The van der Waals surface area contributed by atoms with Crippen LogP contribution in [-0.4, -0.2) is 23.0 Å². The Hall–Kier alpha value is -1.89. The summed E-state index contributed by atoms with van der Waals surface area (Å²) < 4.78 is 0. The zero-order valence-corrected chi connectivity index (χ0v) is 9.59. The van der Waals surface area contributed by atoms with Gasteiger partial charge >= 0.3 is 0 Å². The minimum Gasteiger partial charge on any atom is -0.356 e. The minimum absolute atomic E-state index is 0.00544. The number of nitrogens with two attached hydrogens (primary N) is 1. The highest BCUT2D eigenvalue weighted by molar-refractivity contribution is 5.55. The molecule has 0 spiro atoms. The van der Waals surface area contributed by atoms with Crippen molar-refractivity contribution < 1.29 is 4.92 Å². The molecule has 7 heteroatoms. The fourth-order valence-corrected chi connectivity index (χ4v) is 1.82. The third kappa shape index (κ3) is 2.28. The van der Waals surface area contributed by atoms with Crippen molar-refractivity contribution in [3.8, 4) is 0 Å². The van der Waals surface area contributed by atoms with Crippen LogP contribution in [0.5, 0.6) is 0 Å². The smallest absolute Gasteiger partial charge is 0.276 e. The molecule has 1 aromatic rings. The quantitative estimate of drug-likeness (QED) is 0.465. The Balaban J connectivity index is 2.31. The van der Waals surface area contributed by atoms with Crippen LogP contribution in [0.2, 0.25) is 0 Å². The van der Waals surface area contributed by atoms with Crippen LogP contribution in [-0.2, 0) is 0 Å². The van der Waals surface area contributed by atoms with Crippen molar-refractivity contribution in [2.24, 2.45) is 5.84 Å². The van der Waals surface area contributed by atoms with Crippen molar-refractivity contribution in [1.29, 1.82) is 0 Å². The fourth-order valence-electron chi connectivity index (χ4n) is 1.82. The molecule has 7 nitrogen and oxygen atoms in total. The van der Waals surface area contributed by atoms with Gasteiger partial charge in [0.05, 0.1) is 17.1 Å². The first-order valence-corrected chi connectivity index (χ1v) is 5.47. The summed E-state index contributed by atoms with van der Waals surface area (Å²) in [6.45, 7) is 0. The van der Waals surface area contributed by atoms with E-state index in [4.69, 9.17) is 5.84 Å². The van der Waals surface area contributed by atoms with Gasteiger partial charge in [-0.2, -0.15) is 0 Å². The molecule has 17 heavy (non-hydrogen) atoms. The summed E-state index contributed by atoms with van der Waals surface area (Å²) in [5.74, 6) is 6.14. The lowest BCUT2D eigenvalue weighted by Crippen LogP contribution is -2.37. The molecular weight excluding hydrogens is 222 g/mol. The standard InChI is InChI=1S/C10H15N5O2/c1-14(7-3-2-4-7)10-6-8(15(16)17)5-9(12-10)13-11/h5-7H,2-4,11H2,1H3,(H,12,13). The van der Waals surface area contributed by atoms with Gasteiger partial charge in [-0.25, -0.2) is 10.8 Å². The molecular formula is C10H15N5O2. The molecule has 1 aromatic heterocycles. The molecule has 0 aromatic carbocycles. The number of hydrogen-bond donors (Lipinski definition) is 2. The molecule has 2 rings (SSSR count). The van der Waals surface area contributed by atoms with Crippen LogP contribution in [0.3, 0.4) is 0 Å². The molecule has 0 atom stereocenters. The molecule has 0 unspecified atom stereocenters. The van der Waals surface area contributed by atoms with E-state index in [0.29, 0.717) is 17.7 Å². The van der Waals surface area contributed by atoms with Crippen molar-refractivity contribution in [3.63, 3.8) is 0 Å². The van der Waals surface area contributed by atoms with Crippen molar-refractivity contribution in [3.05, 3.63) is 22.2 Å². The van der Waals surface area contributed by atoms with E-state index in [9.17, 15) is 10.1 Å². The number of anilines is 2. The SMILES string of the molecule is CN(c1cc([N+](=O)[O-])cc(NN)n1)C1CCC1. The van der Waals surface area contributed by atoms with Crippen molar-refractivity contribution in [2.75, 3.05) is 17.4 Å². The normalized spacial score (nSPS) is 15.2. The average Bonchev–Trinajstić information content (AvgIpc) is 2.25. The molecule has 1 aliphatic rings. The maximum absolute atomic E-state index is 10.8. The number of hydrogen-bond acceptors (Lipinski definition) is 6. The maximum Gasteiger partial charge on any atom is 0.276 e. The lowest BCUT2D eigenvalue weighted by Gasteiger charge is -2.35. The Labute approximate surface area is 98.7 Å². The second kappa shape index (κ2) is 4.54. The zero-order valence-electron chi connectivity index (χ0n) is 9.59. The van der Waals surface area contributed by atoms with Crippen LogP contribution in [0.25, 0.3) is 0 Å². The van der Waals surface area contributed by atoms with E-state index in [1.54, 1.807) is 0 Å². The van der Waals surface area contributed by atoms with E-state index in [2.05, 4.69) is 10.4 Å². The molecule has 0 aliphatic heterocycles. The number of nitro groups is 1. The Morgan fingerprint density at radius 2 is 2.29 bits per heavy atom. The van der Waals surface area contributed by atoms with Gasteiger partial charge in [0.2, 0.25) is 0 Å². The van der Waals surface area contributed by atoms with E-state index < -0.39 is 4.92 Å². The van der Waals surface area contributed by atoms with Crippen LogP contribution in [0.15, 0.2) is 12.1 Å². The summed E-state index contributed by atoms with van der Waals surface area (Å²) in [5.41, 5.74) is 2.34. The number of nitrogen functional groups attached to an aromatic ring is 1. The van der Waals surface area contributed by atoms with Gasteiger partial charge in [0.15, 0.2) is 0 Å². The van der Waals surface area contributed by atoms with Crippen molar-refractivity contribution >= 4 is 17.3 Å². The predicted octanol–water partition coefficient (Wildman–Crippen LogP) is 1.26. The lowest BCUT2D eigenvalue weighted by molar-refractivity contribution is -0.384. The fraction of sp³-hybridized carbons (Fsp3) is 0.500. The second-order valence-electron chi connectivity index (χ2n) is 4.17. The largest absolute Gasteiger partial charge is 0.356 e. The van der Waals surface area contributed by atoms with Crippen molar-refractivity contribution in [1.82, 2.24) is 4.98 Å². The molecule has 0 radical (unpaired) electrons. The van der Waals surface area contributed by atoms with E-state index in [1.165, 1.54) is 18.6 Å². The summed E-state index contributed by atoms with van der Waals surface area (Å²) in [7, 11) is 1.90. The van der Waals surface area contributed by atoms with Gasteiger partial charge in [0, 0.05) is 13.1 Å². The van der Waals surface area contributed by atoms with E-state index in [1.807, 2.05) is 11.9 Å². The number of rotatable bonds is 4. The van der Waals surface area contributed by atoms with Gasteiger partial charge in [-0.15, -0.1) is 0 Å². The molecule has 0 bridgehead atoms. The predicted molar refractivity (Wildman–Crippen MR) is 64.7 cm³/mol. The third-order valence-electron chi connectivity index (χ3n) is 3.14. The Bertz CT molecular complexity index is 433. The van der Waals surface area contributed by atoms with Gasteiger partial charge in [-0.1, -0.05) is 0 Å². The van der Waals surface area contributed by atoms with Gasteiger partial charge in [0.25, 0.3) is 5.69 Å². The summed E-state index contributed by atoms with van der Waals surface area (Å²) in [5, 5.41) is 10.8. The third-order valence-corrected chi connectivity index (χ3v) is 3.14. The summed E-state index contributed by atoms with van der Waals surface area (Å²) in [6, 6.07) is 3.22. The number of nitrogens with zero attached hydrogens (tertiary/aromatic N) is 3. The van der Waals surface area contributed by atoms with Crippen molar-refractivity contribution in [2.45, 2.75) is 25.3 Å². The number of aromatic nitrogens is 1. The first-order chi connectivity index (χ1) is 8.11. The van der Waals surface area contributed by atoms with Gasteiger partial charge in [-0.3, -0.25) is 10.1 Å². The molecule has 1 saturated carbocycles. The van der Waals surface area contributed by atoms with Gasteiger partial charge in [-0.05, 0) is 19.3 Å². The molecule has 92 valence electrons. The highest BCUT2D eigenvalue weighted by Gasteiger charge is 2.24. The Morgan fingerprint density at radius 3 is 2.76 bits per heavy atom. The molecule has 1 fully saturated rings. The monoisotopic (exact) mass is 237 g/mol.